The Morgan fingerprint density at radius 1 is 1.17 bits per heavy atom. The summed E-state index contributed by atoms with van der Waals surface area (Å²) in [5, 5.41) is 9.20. The quantitative estimate of drug-likeness (QED) is 0.851. The molecule has 0 aliphatic carbocycles. The molecule has 0 amide bonds. The normalized spacial score (nSPS) is 14.5. The molecule has 1 aliphatic heterocycles. The Bertz CT molecular complexity index is 790. The molecule has 2 aromatic carbocycles. The summed E-state index contributed by atoms with van der Waals surface area (Å²) >= 11 is 0. The number of nitrogens with zero attached hydrogens (tertiary/aromatic N) is 2. The van der Waals surface area contributed by atoms with Gasteiger partial charge in [-0.25, -0.2) is 4.79 Å². The van der Waals surface area contributed by atoms with E-state index in [-0.39, 0.29) is 0 Å². The SMILES string of the molecule is Cc1cc(N2CCCC2)ccc1C=Nc1cccc(C(=O)O)c1C. The van der Waals surface area contributed by atoms with Crippen LogP contribution in [0.1, 0.15) is 39.9 Å². The van der Waals surface area contributed by atoms with Crippen LogP contribution in [-0.2, 0) is 0 Å². The van der Waals surface area contributed by atoms with Gasteiger partial charge in [0.2, 0.25) is 0 Å². The Kier molecular flexibility index (Phi) is 4.65. The summed E-state index contributed by atoms with van der Waals surface area (Å²) in [6.45, 7) is 6.14. The minimum absolute atomic E-state index is 0.297. The highest BCUT2D eigenvalue weighted by molar-refractivity contribution is 5.92. The molecule has 0 unspecified atom stereocenters. The van der Waals surface area contributed by atoms with E-state index in [4.69, 9.17) is 0 Å². The van der Waals surface area contributed by atoms with Gasteiger partial charge in [-0.05, 0) is 67.6 Å². The molecule has 0 saturated carbocycles. The van der Waals surface area contributed by atoms with Gasteiger partial charge in [-0.15, -0.1) is 0 Å². The summed E-state index contributed by atoms with van der Waals surface area (Å²) in [6.07, 6.45) is 4.35. The summed E-state index contributed by atoms with van der Waals surface area (Å²) < 4.78 is 0. The van der Waals surface area contributed by atoms with Crippen LogP contribution >= 0.6 is 0 Å². The standard InChI is InChI=1S/C20H22N2O2/c1-14-12-17(22-10-3-4-11-22)9-8-16(14)13-21-19-7-5-6-18(15(19)2)20(23)24/h5-9,12-13H,3-4,10-11H2,1-2H3,(H,23,24). The van der Waals surface area contributed by atoms with Crippen LogP contribution in [0.15, 0.2) is 41.4 Å². The van der Waals surface area contributed by atoms with E-state index >= 15 is 0 Å². The molecule has 1 heterocycles. The van der Waals surface area contributed by atoms with Crippen LogP contribution in [-0.4, -0.2) is 30.4 Å². The summed E-state index contributed by atoms with van der Waals surface area (Å²) in [4.78, 5) is 18.1. The van der Waals surface area contributed by atoms with Gasteiger partial charge < -0.3 is 10.0 Å². The van der Waals surface area contributed by atoms with E-state index in [2.05, 4.69) is 35.0 Å². The van der Waals surface area contributed by atoms with Gasteiger partial charge in [0, 0.05) is 25.0 Å². The first kappa shape index (κ1) is 16.2. The number of carboxylic acids is 1. The van der Waals surface area contributed by atoms with E-state index < -0.39 is 5.97 Å². The molecule has 1 aliphatic rings. The first-order valence-electron chi connectivity index (χ1n) is 8.29. The molecule has 1 N–H and O–H groups in total. The average molecular weight is 322 g/mol. The van der Waals surface area contributed by atoms with Crippen LogP contribution in [0.25, 0.3) is 0 Å². The first-order valence-corrected chi connectivity index (χ1v) is 8.29. The number of anilines is 1. The second-order valence-corrected chi connectivity index (χ2v) is 6.25. The fourth-order valence-corrected chi connectivity index (χ4v) is 3.11. The molecule has 4 heteroatoms. The molecule has 0 bridgehead atoms. The fraction of sp³-hybridized carbons (Fsp3) is 0.300. The summed E-state index contributed by atoms with van der Waals surface area (Å²) in [5.41, 5.74) is 5.18. The second-order valence-electron chi connectivity index (χ2n) is 6.25. The molecule has 2 aromatic rings. The van der Waals surface area contributed by atoms with Gasteiger partial charge in [0.15, 0.2) is 0 Å². The number of hydrogen-bond acceptors (Lipinski definition) is 3. The van der Waals surface area contributed by atoms with Gasteiger partial charge in [-0.3, -0.25) is 4.99 Å². The van der Waals surface area contributed by atoms with E-state index in [9.17, 15) is 9.90 Å². The first-order chi connectivity index (χ1) is 11.6. The third kappa shape index (κ3) is 3.32. The maximum atomic E-state index is 11.2. The van der Waals surface area contributed by atoms with Crippen LogP contribution in [0.3, 0.4) is 0 Å². The molecule has 0 radical (unpaired) electrons. The van der Waals surface area contributed by atoms with Crippen LogP contribution in [0, 0.1) is 13.8 Å². The van der Waals surface area contributed by atoms with Gasteiger partial charge in [-0.1, -0.05) is 12.1 Å². The zero-order valence-corrected chi connectivity index (χ0v) is 14.1. The van der Waals surface area contributed by atoms with Gasteiger partial charge in [-0.2, -0.15) is 0 Å². The number of aryl methyl sites for hydroxylation is 1. The molecule has 0 spiro atoms. The highest BCUT2D eigenvalue weighted by Gasteiger charge is 2.13. The lowest BCUT2D eigenvalue weighted by molar-refractivity contribution is 0.0696. The Balaban J connectivity index is 1.84. The largest absolute Gasteiger partial charge is 0.478 e. The van der Waals surface area contributed by atoms with Gasteiger partial charge in [0.05, 0.1) is 11.3 Å². The highest BCUT2D eigenvalue weighted by Crippen LogP contribution is 2.24. The molecule has 0 aromatic heterocycles. The number of aliphatic imine (C=N–C) groups is 1. The van der Waals surface area contributed by atoms with Crippen molar-refractivity contribution in [2.45, 2.75) is 26.7 Å². The van der Waals surface area contributed by atoms with Crippen LogP contribution in [0.4, 0.5) is 11.4 Å². The van der Waals surface area contributed by atoms with Crippen LogP contribution in [0.5, 0.6) is 0 Å². The lowest BCUT2D eigenvalue weighted by Crippen LogP contribution is -2.17. The molecule has 4 nitrogen and oxygen atoms in total. The zero-order valence-electron chi connectivity index (χ0n) is 14.1. The van der Waals surface area contributed by atoms with E-state index in [1.807, 2.05) is 12.3 Å². The van der Waals surface area contributed by atoms with E-state index in [0.717, 1.165) is 18.7 Å². The zero-order chi connectivity index (χ0) is 17.1. The number of carboxylic acid groups (broad SMARTS) is 1. The van der Waals surface area contributed by atoms with Crippen molar-refractivity contribution < 1.29 is 9.90 Å². The summed E-state index contributed by atoms with van der Waals surface area (Å²) in [7, 11) is 0. The highest BCUT2D eigenvalue weighted by atomic mass is 16.4. The molecular formula is C20H22N2O2. The Labute approximate surface area is 142 Å². The van der Waals surface area contributed by atoms with Crippen molar-refractivity contribution in [2.24, 2.45) is 4.99 Å². The van der Waals surface area contributed by atoms with Crippen molar-refractivity contribution in [3.8, 4) is 0 Å². The summed E-state index contributed by atoms with van der Waals surface area (Å²) in [6, 6.07) is 11.6. The minimum atomic E-state index is -0.921. The van der Waals surface area contributed by atoms with Crippen molar-refractivity contribution in [1.82, 2.24) is 0 Å². The van der Waals surface area contributed by atoms with Crippen molar-refractivity contribution in [1.29, 1.82) is 0 Å². The third-order valence-corrected chi connectivity index (χ3v) is 4.60. The predicted octanol–water partition coefficient (Wildman–Crippen LogP) is 4.35. The number of carbonyl (C=O) groups is 1. The third-order valence-electron chi connectivity index (χ3n) is 4.60. The van der Waals surface area contributed by atoms with Crippen molar-refractivity contribution in [2.75, 3.05) is 18.0 Å². The van der Waals surface area contributed by atoms with E-state index in [0.29, 0.717) is 16.8 Å². The average Bonchev–Trinajstić information content (AvgIpc) is 3.09. The number of rotatable bonds is 4. The Morgan fingerprint density at radius 2 is 1.92 bits per heavy atom. The molecule has 124 valence electrons. The van der Waals surface area contributed by atoms with Crippen molar-refractivity contribution in [3.05, 3.63) is 58.7 Å². The van der Waals surface area contributed by atoms with Gasteiger partial charge in [0.25, 0.3) is 0 Å². The Hall–Kier alpha value is -2.62. The minimum Gasteiger partial charge on any atom is -0.478 e. The molecule has 1 saturated heterocycles. The number of aromatic carboxylic acids is 1. The molecule has 3 rings (SSSR count). The van der Waals surface area contributed by atoms with Gasteiger partial charge in [0.1, 0.15) is 0 Å². The van der Waals surface area contributed by atoms with E-state index in [1.54, 1.807) is 19.1 Å². The molecular weight excluding hydrogens is 300 g/mol. The monoisotopic (exact) mass is 322 g/mol. The van der Waals surface area contributed by atoms with E-state index in [1.165, 1.54) is 24.1 Å². The number of benzene rings is 2. The Morgan fingerprint density at radius 3 is 2.58 bits per heavy atom. The maximum absolute atomic E-state index is 11.2. The van der Waals surface area contributed by atoms with Crippen molar-refractivity contribution >= 4 is 23.6 Å². The topological polar surface area (TPSA) is 52.9 Å². The molecule has 0 atom stereocenters. The lowest BCUT2D eigenvalue weighted by Gasteiger charge is -2.18. The smallest absolute Gasteiger partial charge is 0.336 e. The molecule has 1 fully saturated rings. The fourth-order valence-electron chi connectivity index (χ4n) is 3.11. The summed E-state index contributed by atoms with van der Waals surface area (Å²) in [5.74, 6) is -0.921. The lowest BCUT2D eigenvalue weighted by atomic mass is 10.1. The maximum Gasteiger partial charge on any atom is 0.336 e. The second kappa shape index (κ2) is 6.87. The van der Waals surface area contributed by atoms with Crippen molar-refractivity contribution in [3.63, 3.8) is 0 Å². The van der Waals surface area contributed by atoms with Gasteiger partial charge >= 0.3 is 5.97 Å². The number of hydrogen-bond donors (Lipinski definition) is 1. The van der Waals surface area contributed by atoms with Crippen LogP contribution < -0.4 is 4.90 Å². The molecule has 24 heavy (non-hydrogen) atoms. The van der Waals surface area contributed by atoms with Crippen LogP contribution in [0.2, 0.25) is 0 Å². The predicted molar refractivity (Wildman–Crippen MR) is 98.0 cm³/mol.